The maximum Gasteiger partial charge on any atom is 0.338 e. The lowest BCUT2D eigenvalue weighted by molar-refractivity contribution is 0.0522. The summed E-state index contributed by atoms with van der Waals surface area (Å²) in [7, 11) is 0.232. The number of carbonyl (C=O) groups excluding carboxylic acids is 2. The Hall–Kier alpha value is -3.26. The zero-order valence-electron chi connectivity index (χ0n) is 32.1. The van der Waals surface area contributed by atoms with E-state index in [1.54, 1.807) is 23.5 Å². The van der Waals surface area contributed by atoms with Crippen molar-refractivity contribution >= 4 is 43.5 Å². The van der Waals surface area contributed by atoms with Crippen LogP contribution in [0.5, 0.6) is 0 Å². The summed E-state index contributed by atoms with van der Waals surface area (Å²) in [5.74, 6) is 1.19. The lowest BCUT2D eigenvalue weighted by atomic mass is 9.94. The number of rotatable bonds is 17. The highest BCUT2D eigenvalue weighted by Crippen LogP contribution is 2.31. The Balaban J connectivity index is 0.000000281. The van der Waals surface area contributed by atoms with E-state index in [1.165, 1.54) is 28.0 Å². The quantitative estimate of drug-likeness (QED) is 0.0610. The van der Waals surface area contributed by atoms with Gasteiger partial charge in [-0.1, -0.05) is 107 Å². The van der Waals surface area contributed by atoms with Crippen LogP contribution in [0.3, 0.4) is 0 Å². The molecule has 4 aromatic rings. The van der Waals surface area contributed by atoms with Crippen LogP contribution in [0.25, 0.3) is 0 Å². The molecular formula is C44H58O4S2Si. The van der Waals surface area contributed by atoms with Gasteiger partial charge in [-0.05, 0) is 103 Å². The Morgan fingerprint density at radius 2 is 1.06 bits per heavy atom. The van der Waals surface area contributed by atoms with Gasteiger partial charge in [-0.2, -0.15) is 0 Å². The molecule has 0 atom stereocenters. The first-order chi connectivity index (χ1) is 24.5. The zero-order valence-corrected chi connectivity index (χ0v) is 34.7. The van der Waals surface area contributed by atoms with Crippen molar-refractivity contribution in [3.05, 3.63) is 129 Å². The van der Waals surface area contributed by atoms with Crippen LogP contribution in [0.1, 0.15) is 93.6 Å². The van der Waals surface area contributed by atoms with Crippen LogP contribution in [0, 0.1) is 13.8 Å². The highest BCUT2D eigenvalue weighted by atomic mass is 32.2. The fourth-order valence-corrected chi connectivity index (χ4v) is 8.38. The van der Waals surface area contributed by atoms with E-state index in [-0.39, 0.29) is 11.9 Å². The van der Waals surface area contributed by atoms with Crippen LogP contribution in [0.2, 0.25) is 25.7 Å². The summed E-state index contributed by atoms with van der Waals surface area (Å²) in [6.07, 6.45) is 6.58. The van der Waals surface area contributed by atoms with Gasteiger partial charge in [-0.25, -0.2) is 9.59 Å². The smallest absolute Gasteiger partial charge is 0.338 e. The van der Waals surface area contributed by atoms with Crippen molar-refractivity contribution in [1.29, 1.82) is 0 Å². The van der Waals surface area contributed by atoms with Crippen molar-refractivity contribution < 1.29 is 19.1 Å². The molecule has 0 amide bonds. The number of thioether (sulfide) groups is 2. The van der Waals surface area contributed by atoms with Crippen molar-refractivity contribution in [2.45, 2.75) is 113 Å². The Kier molecular flexibility index (Phi) is 18.1. The average molecular weight is 743 g/mol. The molecule has 0 fully saturated rings. The summed E-state index contributed by atoms with van der Waals surface area (Å²) in [6.45, 7) is 15.8. The lowest BCUT2D eigenvalue weighted by Gasteiger charge is -2.19. The predicted molar refractivity (Wildman–Crippen MR) is 221 cm³/mol. The molecule has 0 saturated carbocycles. The molecule has 0 saturated heterocycles. The normalized spacial score (nSPS) is 11.1. The van der Waals surface area contributed by atoms with E-state index < -0.39 is 8.07 Å². The van der Waals surface area contributed by atoms with Gasteiger partial charge in [0.2, 0.25) is 0 Å². The monoisotopic (exact) mass is 742 g/mol. The summed E-state index contributed by atoms with van der Waals surface area (Å²) >= 11 is 3.55. The van der Waals surface area contributed by atoms with Gasteiger partial charge in [0.25, 0.3) is 0 Å². The number of methoxy groups -OCH3 is 1. The maximum absolute atomic E-state index is 13.0. The van der Waals surface area contributed by atoms with Gasteiger partial charge < -0.3 is 9.47 Å². The number of hydrogen-bond donors (Lipinski definition) is 0. The Morgan fingerprint density at radius 1 is 0.627 bits per heavy atom. The van der Waals surface area contributed by atoms with Gasteiger partial charge in [0, 0.05) is 29.4 Å². The summed E-state index contributed by atoms with van der Waals surface area (Å²) in [6, 6.07) is 30.2. The summed E-state index contributed by atoms with van der Waals surface area (Å²) in [5.41, 5.74) is 8.36. The Labute approximate surface area is 317 Å². The minimum Gasteiger partial charge on any atom is -0.465 e. The second-order valence-corrected chi connectivity index (χ2v) is 21.9. The molecule has 0 unspecified atom stereocenters. The number of aryl methyl sites for hydroxylation is 4. The van der Waals surface area contributed by atoms with E-state index in [0.717, 1.165) is 89.5 Å². The molecule has 0 aromatic heterocycles. The topological polar surface area (TPSA) is 52.6 Å². The maximum atomic E-state index is 13.0. The van der Waals surface area contributed by atoms with Crippen LogP contribution in [-0.2, 0) is 33.8 Å². The fraction of sp³-hybridized carbons (Fsp3) is 0.409. The molecule has 274 valence electrons. The molecule has 4 rings (SSSR count). The molecule has 51 heavy (non-hydrogen) atoms. The van der Waals surface area contributed by atoms with E-state index in [2.05, 4.69) is 88.1 Å². The molecule has 7 heteroatoms. The van der Waals surface area contributed by atoms with Gasteiger partial charge in [0.1, 0.15) is 0 Å². The largest absolute Gasteiger partial charge is 0.465 e. The number of carbonyl (C=O) groups is 2. The predicted octanol–water partition coefficient (Wildman–Crippen LogP) is 12.5. The highest BCUT2D eigenvalue weighted by Gasteiger charge is 2.21. The second-order valence-electron chi connectivity index (χ2n) is 14.1. The van der Waals surface area contributed by atoms with E-state index in [9.17, 15) is 9.59 Å². The van der Waals surface area contributed by atoms with Crippen molar-refractivity contribution in [1.82, 2.24) is 0 Å². The van der Waals surface area contributed by atoms with Gasteiger partial charge >= 0.3 is 11.9 Å². The Bertz CT molecular complexity index is 1670. The number of hydrogen-bond acceptors (Lipinski definition) is 6. The van der Waals surface area contributed by atoms with Gasteiger partial charge in [-0.15, -0.1) is 23.5 Å². The average Bonchev–Trinajstić information content (AvgIpc) is 3.12. The van der Waals surface area contributed by atoms with Crippen LogP contribution >= 0.6 is 23.5 Å². The number of esters is 2. The molecule has 0 heterocycles. The standard InChI is InChI=1S/C24H34O2SSi.C20H24O2S/c1-6-7-11-20-15-14-19(2)23(24(25)26-16-17-28(3,4)5)22(20)18-27-21-12-9-8-10-13-21;1-4-5-9-16-13-12-15(2)19(20(21)22-3)18(16)14-23-17-10-7-6-8-11-17/h8-10,12-15H,6-7,11,16-18H2,1-5H3;6-8,10-13H,4-5,9,14H2,1-3H3. The first kappa shape index (κ1) is 42.2. The molecule has 0 bridgehead atoms. The fourth-order valence-electron chi connectivity index (χ4n) is 5.69. The second kappa shape index (κ2) is 22.0. The third-order valence-corrected chi connectivity index (χ3v) is 12.5. The van der Waals surface area contributed by atoms with Gasteiger partial charge in [-0.3, -0.25) is 0 Å². The van der Waals surface area contributed by atoms with Crippen LogP contribution in [0.15, 0.2) is 94.7 Å². The van der Waals surface area contributed by atoms with Crippen molar-refractivity contribution in [2.75, 3.05) is 13.7 Å². The van der Waals surface area contributed by atoms with Crippen LogP contribution < -0.4 is 0 Å². The zero-order chi connectivity index (χ0) is 37.2. The molecule has 0 radical (unpaired) electrons. The van der Waals surface area contributed by atoms with Gasteiger partial charge in [0.05, 0.1) is 24.8 Å². The van der Waals surface area contributed by atoms with Crippen LogP contribution in [-0.4, -0.2) is 33.7 Å². The van der Waals surface area contributed by atoms with Crippen molar-refractivity contribution in [3.63, 3.8) is 0 Å². The third kappa shape index (κ3) is 14.0. The molecule has 0 spiro atoms. The summed E-state index contributed by atoms with van der Waals surface area (Å²) < 4.78 is 10.7. The molecule has 0 N–H and O–H groups in total. The lowest BCUT2D eigenvalue weighted by Crippen LogP contribution is -2.23. The molecule has 4 nitrogen and oxygen atoms in total. The van der Waals surface area contributed by atoms with E-state index >= 15 is 0 Å². The van der Waals surface area contributed by atoms with Crippen molar-refractivity contribution in [3.8, 4) is 0 Å². The minimum atomic E-state index is -1.22. The molecule has 4 aromatic carbocycles. The SMILES string of the molecule is CCCCc1ccc(C)c(C(=O)OC)c1CSc1ccccc1.CCCCc1ccc(C)c(C(=O)OCC[Si](C)(C)C)c1CSc1ccccc1. The molecule has 0 aliphatic rings. The van der Waals surface area contributed by atoms with Crippen molar-refractivity contribution in [2.24, 2.45) is 0 Å². The summed E-state index contributed by atoms with van der Waals surface area (Å²) in [4.78, 5) is 27.7. The number of benzene rings is 4. The van der Waals surface area contributed by atoms with Gasteiger partial charge in [0.15, 0.2) is 0 Å². The molecule has 0 aliphatic heterocycles. The summed E-state index contributed by atoms with van der Waals surface area (Å²) in [5, 5.41) is 0. The van der Waals surface area contributed by atoms with E-state index in [0.29, 0.717) is 6.61 Å². The molecular weight excluding hydrogens is 685 g/mol. The highest BCUT2D eigenvalue weighted by molar-refractivity contribution is 7.98. The first-order valence-electron chi connectivity index (χ1n) is 18.3. The Morgan fingerprint density at radius 3 is 1.45 bits per heavy atom. The first-order valence-corrected chi connectivity index (χ1v) is 24.0. The number of unbranched alkanes of at least 4 members (excludes halogenated alkanes) is 2. The van der Waals surface area contributed by atoms with E-state index in [4.69, 9.17) is 9.47 Å². The van der Waals surface area contributed by atoms with E-state index in [1.807, 2.05) is 44.2 Å². The molecule has 0 aliphatic carbocycles. The van der Waals surface area contributed by atoms with Crippen LogP contribution in [0.4, 0.5) is 0 Å². The number of ether oxygens (including phenoxy) is 2. The minimum absolute atomic E-state index is 0.155. The third-order valence-electron chi connectivity index (χ3n) is 8.77.